The van der Waals surface area contributed by atoms with Crippen molar-refractivity contribution in [3.05, 3.63) is 78.4 Å². The van der Waals surface area contributed by atoms with Crippen molar-refractivity contribution in [1.82, 2.24) is 9.97 Å². The number of aromatic nitrogens is 2. The predicted molar refractivity (Wildman–Crippen MR) is 104 cm³/mol. The number of nitrogens with zero attached hydrogens (tertiary/aromatic N) is 2. The fraction of sp³-hybridized carbons (Fsp3) is 0.0952. The second kappa shape index (κ2) is 6.32. The van der Waals surface area contributed by atoms with Crippen molar-refractivity contribution in [2.45, 2.75) is 6.92 Å². The van der Waals surface area contributed by atoms with Crippen LogP contribution in [0.3, 0.4) is 0 Å². The molecular formula is C21H20N4. The van der Waals surface area contributed by atoms with Gasteiger partial charge in [-0.05, 0) is 42.8 Å². The third-order valence-electron chi connectivity index (χ3n) is 4.39. The van der Waals surface area contributed by atoms with Crippen LogP contribution in [-0.2, 0) is 0 Å². The topological polar surface area (TPSA) is 44.0 Å². The minimum absolute atomic E-state index is 0.728. The number of hydrogen-bond acceptors (Lipinski definition) is 3. The molecule has 0 fully saturated rings. The van der Waals surface area contributed by atoms with Crippen LogP contribution in [-0.4, -0.2) is 17.0 Å². The lowest BCUT2D eigenvalue weighted by Gasteiger charge is -2.22. The van der Waals surface area contributed by atoms with Gasteiger partial charge in [-0.25, -0.2) is 0 Å². The average molecular weight is 328 g/mol. The number of para-hydroxylation sites is 2. The Kier molecular flexibility index (Phi) is 3.86. The van der Waals surface area contributed by atoms with Crippen LogP contribution in [0.1, 0.15) is 5.56 Å². The molecule has 2 N–H and O–H groups in total. The second-order valence-electron chi connectivity index (χ2n) is 6.10. The van der Waals surface area contributed by atoms with Crippen molar-refractivity contribution in [2.24, 2.45) is 0 Å². The molecule has 1 aliphatic carbocycles. The minimum Gasteiger partial charge on any atom is -0.329 e. The summed E-state index contributed by atoms with van der Waals surface area (Å²) in [6.07, 6.45) is 0. The van der Waals surface area contributed by atoms with Crippen molar-refractivity contribution in [2.75, 3.05) is 17.3 Å². The Morgan fingerprint density at radius 1 is 0.880 bits per heavy atom. The molecular weight excluding hydrogens is 308 g/mol. The van der Waals surface area contributed by atoms with Gasteiger partial charge in [0.25, 0.3) is 0 Å². The van der Waals surface area contributed by atoms with E-state index in [1.54, 1.807) is 0 Å². The van der Waals surface area contributed by atoms with E-state index in [1.807, 2.05) is 43.4 Å². The SMILES string of the molecule is Cc1ccccc1Nc1nc(N(C)c2ccccc2)c2cccc-2[nH]1. The highest BCUT2D eigenvalue weighted by Gasteiger charge is 2.17. The minimum atomic E-state index is 0.728. The van der Waals surface area contributed by atoms with E-state index in [9.17, 15) is 0 Å². The van der Waals surface area contributed by atoms with E-state index in [0.29, 0.717) is 0 Å². The zero-order valence-corrected chi connectivity index (χ0v) is 14.3. The van der Waals surface area contributed by atoms with Crippen molar-refractivity contribution < 1.29 is 0 Å². The Balaban J connectivity index is 1.77. The van der Waals surface area contributed by atoms with Crippen LogP contribution in [0.25, 0.3) is 11.3 Å². The number of fused-ring (bicyclic) bond motifs is 1. The van der Waals surface area contributed by atoms with E-state index in [0.717, 1.165) is 34.4 Å². The summed E-state index contributed by atoms with van der Waals surface area (Å²) in [6.45, 7) is 2.08. The number of nitrogens with one attached hydrogen (secondary N) is 2. The molecule has 0 saturated heterocycles. The van der Waals surface area contributed by atoms with E-state index in [1.165, 1.54) is 5.56 Å². The first-order valence-electron chi connectivity index (χ1n) is 8.32. The number of rotatable bonds is 4. The lowest BCUT2D eigenvalue weighted by atomic mass is 10.2. The van der Waals surface area contributed by atoms with E-state index in [-0.39, 0.29) is 0 Å². The summed E-state index contributed by atoms with van der Waals surface area (Å²) in [4.78, 5) is 10.3. The molecule has 4 nitrogen and oxygen atoms in total. The molecule has 0 atom stereocenters. The molecule has 0 unspecified atom stereocenters. The van der Waals surface area contributed by atoms with Crippen LogP contribution >= 0.6 is 0 Å². The van der Waals surface area contributed by atoms with Gasteiger partial charge in [0.15, 0.2) is 0 Å². The Morgan fingerprint density at radius 3 is 2.44 bits per heavy atom. The van der Waals surface area contributed by atoms with Gasteiger partial charge in [0.1, 0.15) is 5.82 Å². The molecule has 4 rings (SSSR count). The molecule has 4 heteroatoms. The Labute approximate surface area is 147 Å². The van der Waals surface area contributed by atoms with Gasteiger partial charge < -0.3 is 15.2 Å². The van der Waals surface area contributed by atoms with Crippen LogP contribution in [0.2, 0.25) is 0 Å². The first kappa shape index (κ1) is 15.3. The molecule has 0 radical (unpaired) electrons. The van der Waals surface area contributed by atoms with E-state index < -0.39 is 0 Å². The average Bonchev–Trinajstić information content (AvgIpc) is 3.12. The third kappa shape index (κ3) is 2.94. The first-order chi connectivity index (χ1) is 12.2. The van der Waals surface area contributed by atoms with Gasteiger partial charge in [0.05, 0.1) is 5.69 Å². The van der Waals surface area contributed by atoms with Gasteiger partial charge in [-0.15, -0.1) is 0 Å². The quantitative estimate of drug-likeness (QED) is 0.532. The van der Waals surface area contributed by atoms with Gasteiger partial charge in [-0.1, -0.05) is 42.5 Å². The normalized spacial score (nSPS) is 10.8. The fourth-order valence-electron chi connectivity index (χ4n) is 2.98. The summed E-state index contributed by atoms with van der Waals surface area (Å²) in [6, 6.07) is 24.7. The zero-order valence-electron chi connectivity index (χ0n) is 14.3. The van der Waals surface area contributed by atoms with E-state index in [4.69, 9.17) is 4.98 Å². The lowest BCUT2D eigenvalue weighted by Crippen LogP contribution is -2.14. The molecule has 2 aromatic carbocycles. The molecule has 2 aromatic rings. The molecule has 0 spiro atoms. The molecule has 2 aliphatic rings. The van der Waals surface area contributed by atoms with E-state index in [2.05, 4.69) is 58.5 Å². The third-order valence-corrected chi connectivity index (χ3v) is 4.39. The molecule has 0 saturated carbocycles. The number of H-pyrrole nitrogens is 1. The Hall–Kier alpha value is -3.27. The number of aryl methyl sites for hydroxylation is 1. The standard InChI is InChI=1S/C21H20N4/c1-15-9-6-7-13-18(15)22-21-23-19-14-8-12-17(19)20(24-21)25(2)16-10-4-3-5-11-16/h3-14H,1-2H3,(H2,22,23,24). The summed E-state index contributed by atoms with van der Waals surface area (Å²) in [7, 11) is 2.04. The Bertz CT molecular complexity index is 959. The summed E-state index contributed by atoms with van der Waals surface area (Å²) in [5.41, 5.74) is 5.49. The fourth-order valence-corrected chi connectivity index (χ4v) is 2.98. The van der Waals surface area contributed by atoms with Crippen molar-refractivity contribution >= 4 is 23.1 Å². The van der Waals surface area contributed by atoms with Gasteiger partial charge in [-0.2, -0.15) is 4.98 Å². The van der Waals surface area contributed by atoms with Crippen LogP contribution in [0.15, 0.2) is 72.8 Å². The monoisotopic (exact) mass is 328 g/mol. The number of aromatic amines is 1. The maximum absolute atomic E-state index is 4.85. The number of benzene rings is 2. The Morgan fingerprint density at radius 2 is 1.64 bits per heavy atom. The van der Waals surface area contributed by atoms with E-state index >= 15 is 0 Å². The molecule has 0 amide bonds. The number of anilines is 4. The lowest BCUT2D eigenvalue weighted by molar-refractivity contribution is 1.09. The highest BCUT2D eigenvalue weighted by Crippen LogP contribution is 2.35. The summed E-state index contributed by atoms with van der Waals surface area (Å²) >= 11 is 0. The maximum Gasteiger partial charge on any atom is 0.207 e. The van der Waals surface area contributed by atoms with Crippen LogP contribution in [0, 0.1) is 6.92 Å². The van der Waals surface area contributed by atoms with Crippen molar-refractivity contribution in [3.8, 4) is 11.3 Å². The summed E-state index contributed by atoms with van der Waals surface area (Å²) < 4.78 is 0. The predicted octanol–water partition coefficient (Wildman–Crippen LogP) is 5.33. The first-order valence-corrected chi connectivity index (χ1v) is 8.32. The van der Waals surface area contributed by atoms with Gasteiger partial charge >= 0.3 is 0 Å². The largest absolute Gasteiger partial charge is 0.329 e. The molecule has 124 valence electrons. The van der Waals surface area contributed by atoms with Crippen LogP contribution in [0.5, 0.6) is 0 Å². The highest BCUT2D eigenvalue weighted by molar-refractivity contribution is 5.81. The van der Waals surface area contributed by atoms with Crippen molar-refractivity contribution in [3.63, 3.8) is 0 Å². The van der Waals surface area contributed by atoms with Gasteiger partial charge in [0, 0.05) is 24.0 Å². The second-order valence-corrected chi connectivity index (χ2v) is 6.10. The van der Waals surface area contributed by atoms with Crippen molar-refractivity contribution in [1.29, 1.82) is 0 Å². The van der Waals surface area contributed by atoms with Crippen LogP contribution < -0.4 is 10.2 Å². The molecule has 0 aromatic heterocycles. The zero-order chi connectivity index (χ0) is 17.2. The van der Waals surface area contributed by atoms with Gasteiger partial charge in [0.2, 0.25) is 5.95 Å². The maximum atomic E-state index is 4.85. The highest BCUT2D eigenvalue weighted by atomic mass is 15.2. The van der Waals surface area contributed by atoms with Gasteiger partial charge in [-0.3, -0.25) is 0 Å². The summed E-state index contributed by atoms with van der Waals surface area (Å²) in [5.74, 6) is 1.65. The molecule has 1 heterocycles. The molecule has 25 heavy (non-hydrogen) atoms. The summed E-state index contributed by atoms with van der Waals surface area (Å²) in [5, 5.41) is 3.41. The molecule has 0 bridgehead atoms. The number of hydrogen-bond donors (Lipinski definition) is 2. The smallest absolute Gasteiger partial charge is 0.207 e. The molecule has 1 aliphatic heterocycles. The van der Waals surface area contributed by atoms with Crippen LogP contribution in [0.4, 0.5) is 23.1 Å².